The van der Waals surface area contributed by atoms with Crippen LogP contribution in [0.5, 0.6) is 0 Å². The first-order valence-electron chi connectivity index (χ1n) is 23.3. The lowest BCUT2D eigenvalue weighted by atomic mass is 9.38. The molecule has 2 atom stereocenters. The first-order valence-corrected chi connectivity index (χ1v) is 23.3. The molecule has 63 heavy (non-hydrogen) atoms. The van der Waals surface area contributed by atoms with E-state index in [2.05, 4.69) is 211 Å². The van der Waals surface area contributed by atoms with Gasteiger partial charge < -0.3 is 9.47 Å². The van der Waals surface area contributed by atoms with Crippen LogP contribution < -0.4 is 4.90 Å². The van der Waals surface area contributed by atoms with Crippen LogP contribution in [0.1, 0.15) is 62.6 Å². The van der Waals surface area contributed by atoms with E-state index in [0.717, 1.165) is 29.1 Å². The second-order valence-corrected chi connectivity index (χ2v) is 20.3. The molecule has 9 aromatic rings. The monoisotopic (exact) mass is 810 g/mol. The zero-order valence-corrected chi connectivity index (χ0v) is 36.1. The molecule has 1 spiro atoms. The van der Waals surface area contributed by atoms with Crippen LogP contribution >= 0.6 is 0 Å². The molecule has 5 aliphatic carbocycles. The van der Waals surface area contributed by atoms with E-state index in [-0.39, 0.29) is 5.41 Å². The Morgan fingerprint density at radius 1 is 0.460 bits per heavy atom. The number of anilines is 3. The molecule has 2 unspecified atom stereocenters. The number of hydrogen-bond acceptors (Lipinski definition) is 1. The molecular formula is C61H50N2. The van der Waals surface area contributed by atoms with Crippen LogP contribution in [0.2, 0.25) is 0 Å². The summed E-state index contributed by atoms with van der Waals surface area (Å²) in [6.45, 7) is 4.74. The summed E-state index contributed by atoms with van der Waals surface area (Å²) in [4.78, 5) is 2.48. The third-order valence-electron chi connectivity index (χ3n) is 17.3. The number of aromatic nitrogens is 1. The van der Waals surface area contributed by atoms with Crippen molar-refractivity contribution in [1.82, 2.24) is 4.57 Å². The Bertz CT molecular complexity index is 3260. The van der Waals surface area contributed by atoms with E-state index in [1.54, 1.807) is 5.56 Å². The third-order valence-corrected chi connectivity index (χ3v) is 17.3. The molecule has 2 bridgehead atoms. The summed E-state index contributed by atoms with van der Waals surface area (Å²) in [7, 11) is 0. The topological polar surface area (TPSA) is 8.17 Å². The fourth-order valence-electron chi connectivity index (χ4n) is 14.4. The van der Waals surface area contributed by atoms with E-state index in [9.17, 15) is 0 Å². The molecule has 0 amide bonds. The summed E-state index contributed by atoms with van der Waals surface area (Å²) in [5.41, 5.74) is 20.2. The number of fused-ring (bicyclic) bond motifs is 7. The van der Waals surface area contributed by atoms with E-state index in [1.165, 1.54) is 110 Å². The zero-order chi connectivity index (χ0) is 41.7. The smallest absolute Gasteiger partial charge is 0.0541 e. The first kappa shape index (κ1) is 35.9. The first-order chi connectivity index (χ1) is 30.9. The van der Waals surface area contributed by atoms with Crippen LogP contribution in [0.25, 0.3) is 60.9 Å². The van der Waals surface area contributed by atoms with Crippen molar-refractivity contribution < 1.29 is 0 Å². The zero-order valence-electron chi connectivity index (χ0n) is 36.1. The summed E-state index contributed by atoms with van der Waals surface area (Å²) in [5.74, 6) is 2.98. The van der Waals surface area contributed by atoms with Crippen LogP contribution in [-0.4, -0.2) is 4.57 Å². The molecule has 4 saturated carbocycles. The summed E-state index contributed by atoms with van der Waals surface area (Å²) in [6, 6.07) is 70.9. The molecule has 1 heterocycles. The summed E-state index contributed by atoms with van der Waals surface area (Å²) < 4.78 is 2.45. The maximum Gasteiger partial charge on any atom is 0.0541 e. The van der Waals surface area contributed by atoms with E-state index >= 15 is 0 Å². The summed E-state index contributed by atoms with van der Waals surface area (Å²) in [6.07, 6.45) is 7.23. The second-order valence-electron chi connectivity index (χ2n) is 20.3. The van der Waals surface area contributed by atoms with Gasteiger partial charge in [-0.3, -0.25) is 0 Å². The van der Waals surface area contributed by atoms with Gasteiger partial charge in [0, 0.05) is 38.8 Å². The van der Waals surface area contributed by atoms with Gasteiger partial charge in [-0.1, -0.05) is 141 Å². The van der Waals surface area contributed by atoms with Crippen molar-refractivity contribution in [2.75, 3.05) is 4.90 Å². The largest absolute Gasteiger partial charge is 0.310 e. The second kappa shape index (κ2) is 12.7. The highest BCUT2D eigenvalue weighted by Crippen LogP contribution is 2.84. The van der Waals surface area contributed by atoms with Crippen molar-refractivity contribution >= 4 is 38.9 Å². The Balaban J connectivity index is 0.873. The van der Waals surface area contributed by atoms with E-state index in [4.69, 9.17) is 0 Å². The summed E-state index contributed by atoms with van der Waals surface area (Å²) in [5, 5.41) is 2.55. The molecule has 8 aromatic carbocycles. The number of benzene rings is 8. The van der Waals surface area contributed by atoms with Crippen LogP contribution in [0.15, 0.2) is 188 Å². The fraction of sp³-hybridized carbons (Fsp3) is 0.213. The molecular weight excluding hydrogens is 761 g/mol. The SMILES string of the molecule is CC1(C)c2ccccc2-c2ccc(-c3ccc(N(c4ccc(C56CC7CC8CC(C5)C87C6)cc4)c4cccc(-c5ccccc5-n5c6ccccc6c6ccccc65)c4)cc3)cc21. The predicted molar refractivity (Wildman–Crippen MR) is 262 cm³/mol. The number of para-hydroxylation sites is 3. The van der Waals surface area contributed by atoms with Gasteiger partial charge in [0.25, 0.3) is 0 Å². The summed E-state index contributed by atoms with van der Waals surface area (Å²) >= 11 is 0. The van der Waals surface area contributed by atoms with Gasteiger partial charge in [-0.25, -0.2) is 0 Å². The van der Waals surface area contributed by atoms with Gasteiger partial charge in [-0.05, 0) is 166 Å². The van der Waals surface area contributed by atoms with Crippen molar-refractivity contribution in [2.45, 2.75) is 56.8 Å². The Morgan fingerprint density at radius 2 is 1.06 bits per heavy atom. The Labute approximate surface area is 370 Å². The molecule has 5 aliphatic rings. The minimum atomic E-state index is -0.0346. The van der Waals surface area contributed by atoms with Gasteiger partial charge in [-0.15, -0.1) is 0 Å². The lowest BCUT2D eigenvalue weighted by Crippen LogP contribution is -2.59. The lowest BCUT2D eigenvalue weighted by Gasteiger charge is -2.66. The fourth-order valence-corrected chi connectivity index (χ4v) is 14.4. The Morgan fingerprint density at radius 3 is 1.76 bits per heavy atom. The van der Waals surface area contributed by atoms with Crippen molar-refractivity contribution in [2.24, 2.45) is 23.2 Å². The number of nitrogens with zero attached hydrogens (tertiary/aromatic N) is 2. The molecule has 2 nitrogen and oxygen atoms in total. The lowest BCUT2D eigenvalue weighted by molar-refractivity contribution is -0.175. The minimum Gasteiger partial charge on any atom is -0.310 e. The molecule has 0 N–H and O–H groups in total. The third kappa shape index (κ3) is 4.85. The van der Waals surface area contributed by atoms with Gasteiger partial charge in [0.2, 0.25) is 0 Å². The van der Waals surface area contributed by atoms with Gasteiger partial charge in [0.05, 0.1) is 16.7 Å². The maximum absolute atomic E-state index is 2.50. The van der Waals surface area contributed by atoms with Crippen LogP contribution in [-0.2, 0) is 10.8 Å². The van der Waals surface area contributed by atoms with Gasteiger partial charge in [-0.2, -0.15) is 0 Å². The van der Waals surface area contributed by atoms with E-state index in [0.29, 0.717) is 10.8 Å². The van der Waals surface area contributed by atoms with E-state index < -0.39 is 0 Å². The normalized spacial score (nSPS) is 24.1. The van der Waals surface area contributed by atoms with Crippen molar-refractivity contribution in [1.29, 1.82) is 0 Å². The Hall–Kier alpha value is -6.64. The minimum absolute atomic E-state index is 0.0346. The molecule has 0 aliphatic heterocycles. The quantitative estimate of drug-likeness (QED) is 0.156. The maximum atomic E-state index is 2.50. The molecule has 1 aromatic heterocycles. The van der Waals surface area contributed by atoms with Crippen LogP contribution in [0, 0.1) is 23.2 Å². The van der Waals surface area contributed by atoms with Crippen molar-refractivity contribution in [3.05, 3.63) is 205 Å². The average Bonchev–Trinajstić information content (AvgIpc) is 4.01. The van der Waals surface area contributed by atoms with E-state index in [1.807, 2.05) is 0 Å². The van der Waals surface area contributed by atoms with Gasteiger partial charge >= 0.3 is 0 Å². The molecule has 2 heteroatoms. The van der Waals surface area contributed by atoms with Crippen molar-refractivity contribution in [3.63, 3.8) is 0 Å². The molecule has 304 valence electrons. The highest BCUT2D eigenvalue weighted by molar-refractivity contribution is 6.09. The number of hydrogen-bond donors (Lipinski definition) is 0. The molecule has 14 rings (SSSR count). The van der Waals surface area contributed by atoms with Crippen molar-refractivity contribution in [3.8, 4) is 39.1 Å². The van der Waals surface area contributed by atoms with Gasteiger partial charge in [0.15, 0.2) is 0 Å². The predicted octanol–water partition coefficient (Wildman–Crippen LogP) is 16.0. The average molecular weight is 811 g/mol. The standard InChI is InChI=1S/C61H50N2/c1-59(2)54-18-7-3-15-50(54)51-31-24-40(33-55(51)59)39-22-27-46(28-23-39)62(47-29-25-42(26-30-47)60-36-44-34-43-35-45(37-60)61(43,44)38-60)48-13-11-12-41(32-48)49-14-4-8-19-56(49)63-57-20-9-5-16-52(57)53-17-6-10-21-58(53)63/h3-33,43-45H,34-38H2,1-2H3. The van der Waals surface area contributed by atoms with Gasteiger partial charge in [0.1, 0.15) is 0 Å². The highest BCUT2D eigenvalue weighted by atomic mass is 15.1. The molecule has 4 fully saturated rings. The molecule has 0 saturated heterocycles. The van der Waals surface area contributed by atoms with Crippen LogP contribution in [0.4, 0.5) is 17.1 Å². The molecule has 0 radical (unpaired) electrons. The number of rotatable bonds is 7. The van der Waals surface area contributed by atoms with Crippen LogP contribution in [0.3, 0.4) is 0 Å². The Kier molecular flexibility index (Phi) is 7.26. The highest BCUT2D eigenvalue weighted by Gasteiger charge is 2.77.